The van der Waals surface area contributed by atoms with Crippen molar-refractivity contribution in [3.05, 3.63) is 242 Å². The van der Waals surface area contributed by atoms with E-state index >= 15 is 0 Å². The van der Waals surface area contributed by atoms with Gasteiger partial charge in [0, 0.05) is 178 Å². The third-order valence-corrected chi connectivity index (χ3v) is 29.2. The van der Waals surface area contributed by atoms with Crippen molar-refractivity contribution in [3.63, 3.8) is 0 Å². The third-order valence-electron chi connectivity index (χ3n) is 28.0. The lowest BCUT2D eigenvalue weighted by molar-refractivity contribution is -0.199. The Kier molecular flexibility index (Phi) is 38.0. The number of alkyl halides is 10. The minimum atomic E-state index is -2.70. The second-order valence-corrected chi connectivity index (χ2v) is 41.7. The Balaban J connectivity index is 0.000000176. The molecule has 8 amide bonds. The van der Waals surface area contributed by atoms with Gasteiger partial charge in [-0.2, -0.15) is 10.5 Å². The van der Waals surface area contributed by atoms with Crippen LogP contribution in [0.3, 0.4) is 0 Å². The van der Waals surface area contributed by atoms with Crippen molar-refractivity contribution in [3.8, 4) is 12.1 Å². The van der Waals surface area contributed by atoms with Gasteiger partial charge in [0.2, 0.25) is 71.6 Å². The molecule has 10 saturated carbocycles. The molecule has 1 unspecified atom stereocenters. The first-order chi connectivity index (χ1) is 69.8. The predicted molar refractivity (Wildman–Crippen MR) is 529 cm³/mol. The highest BCUT2D eigenvalue weighted by Crippen LogP contribution is 2.67. The van der Waals surface area contributed by atoms with E-state index in [9.17, 15) is 110 Å². The highest BCUT2D eigenvalue weighted by Gasteiger charge is 2.67. The van der Waals surface area contributed by atoms with Crippen molar-refractivity contribution in [2.75, 3.05) is 20.4 Å². The lowest BCUT2D eigenvalue weighted by Crippen LogP contribution is -2.61. The minimum absolute atomic E-state index is 0. The Morgan fingerprint density at radius 2 is 0.907 bits per heavy atom. The first-order valence-corrected chi connectivity index (χ1v) is 48.6. The topological polar surface area (TPSA) is 429 Å². The molecule has 13 fully saturated rings. The van der Waals surface area contributed by atoms with Gasteiger partial charge in [0.15, 0.2) is 6.29 Å². The Morgan fingerprint density at radius 1 is 0.513 bits per heavy atom. The largest absolute Gasteiger partial charge is 0.480 e. The van der Waals surface area contributed by atoms with E-state index in [0.717, 1.165) is 72.5 Å². The van der Waals surface area contributed by atoms with Crippen LogP contribution in [0, 0.1) is 73.8 Å². The molecule has 47 heteroatoms. The monoisotopic (exact) mass is 2190 g/mol. The molecule has 29 nitrogen and oxygen atoms in total. The summed E-state index contributed by atoms with van der Waals surface area (Å²) in [5.41, 5.74) is 11.6. The Labute approximate surface area is 880 Å². The number of carboxylic acid groups (broad SMARTS) is 1. The average molecular weight is 2200 g/mol. The maximum atomic E-state index is 14.6. The summed E-state index contributed by atoms with van der Waals surface area (Å²) in [6.07, 6.45) is 17.9. The number of hydrogen-bond acceptors (Lipinski definition) is 19. The zero-order chi connectivity index (χ0) is 107. The molecular weight excluding hydrogens is 2090 g/mol. The number of nitrogen functional groups attached to an aromatic ring is 1. The molecule has 10 aliphatic carbocycles. The van der Waals surface area contributed by atoms with Crippen molar-refractivity contribution >= 4 is 142 Å². The molecule has 8 heterocycles. The number of pyridine rings is 5. The molecule has 800 valence electrons. The number of amides is 8. The van der Waals surface area contributed by atoms with Crippen LogP contribution in [-0.4, -0.2) is 168 Å². The van der Waals surface area contributed by atoms with Crippen molar-refractivity contribution in [2.24, 2.45) is 32.8 Å². The zero-order valence-corrected chi connectivity index (χ0v) is 83.2. The number of nitriles is 2. The summed E-state index contributed by atoms with van der Waals surface area (Å²) < 4.78 is 169. The number of rotatable bonds is 17. The van der Waals surface area contributed by atoms with Crippen LogP contribution in [0.15, 0.2) is 165 Å². The molecule has 0 radical (unpaired) electrons. The lowest BCUT2D eigenvalue weighted by Gasteiger charge is -2.57. The van der Waals surface area contributed by atoms with Gasteiger partial charge in [-0.3, -0.25) is 72.8 Å². The number of nitrogens with one attached hydrogen (secondary N) is 5. The summed E-state index contributed by atoms with van der Waals surface area (Å²) >= 11 is 24.1. The highest BCUT2D eigenvalue weighted by atomic mass is 35.5. The number of nitrogens with two attached hydrogens (primary N) is 2. The van der Waals surface area contributed by atoms with E-state index in [1.807, 2.05) is 12.1 Å². The smallest absolute Gasteiger partial charge is 0.326 e. The molecule has 150 heavy (non-hydrogen) atoms. The van der Waals surface area contributed by atoms with Crippen molar-refractivity contribution in [1.82, 2.24) is 51.5 Å². The van der Waals surface area contributed by atoms with Crippen LogP contribution in [0.5, 0.6) is 0 Å². The molecule has 13 aliphatic rings. The summed E-state index contributed by atoms with van der Waals surface area (Å²) in [4.78, 5) is 147. The van der Waals surface area contributed by atoms with Gasteiger partial charge in [-0.15, -0.1) is 12.4 Å². The number of anilines is 4. The molecule has 5 spiro atoms. The number of carbonyl (C=O) groups excluding carboxylic acids is 9. The molecular formula is C103H106Cl5F13N18O11. The van der Waals surface area contributed by atoms with Gasteiger partial charge >= 0.3 is 5.97 Å². The van der Waals surface area contributed by atoms with Crippen molar-refractivity contribution < 1.29 is 110 Å². The molecule has 0 bridgehead atoms. The summed E-state index contributed by atoms with van der Waals surface area (Å²) in [7, 11) is 0. The molecule has 10 N–H and O–H groups in total. The molecule has 5 atom stereocenters. The van der Waals surface area contributed by atoms with E-state index in [1.54, 1.807) is 78.9 Å². The second kappa shape index (κ2) is 48.6. The van der Waals surface area contributed by atoms with E-state index < -0.39 is 130 Å². The number of carboxylic acids is 1. The normalized spacial score (nSPS) is 21.8. The number of halogens is 18. The van der Waals surface area contributed by atoms with Gasteiger partial charge in [0.05, 0.1) is 76.3 Å². The standard InChI is InChI=1S/C31H26ClF3N6O3.C25H24ClF3N4O3.C8H11F2NO.C8H9F2N.C7H5ClO.C7H11F2N.C6H3ClN2.C5H5FN2.C5H7NO3.CH4.ClH/c32-23-4-2-1-3-22(23)27(28(43)39-20-11-30(12-20)16-31(34,35)17-30)40(21-10-19(33)14-37-15-21)29(44)24-5-6-26(42)41(24)25-9-18(13-36)7-8-38-25;26-18-4-2-1-3-17(18)21(22(35)31-15-8-24(9-15)12-25(28,29)13-24)33(16-7-14(27)10-30-11-16)23(36)19-5-6-20(34)32-19;9-8(10)3-7(4-8)1-6(2-7)11-5-12;1-11-6-2-7(3-6)4-8(9,10)5-7;8-7-4-2-1-3-6(7)5-9;8-7(9)3-6(4-7)1-5(10)2-6;7-6-3-5(4-8)1-2-9-6;6-4-1-5(7)3-8-2-4;7-4-2-1-3(6-4)5(8)9;;/h1-4,7-10,14-15,20,24,27H,5-6,11-12,16-17H2,(H,39,43);1-4,7,10-11,15,19,21H,5-6,8-9,12-13H2,(H,31,35)(H,32,34);5-6H,1-4H2,(H,11,12);6H,2-5H2;1-5H;5H,1-4,10H2;1-3H;1-3H,7H2;3H,1-2H2,(H,6,7)(H,8,9);1H4;1H/t24-,27-;19-,21?;;;;;;;3-;;/m00......0../s1. The van der Waals surface area contributed by atoms with E-state index in [2.05, 4.69) is 56.3 Å². The summed E-state index contributed by atoms with van der Waals surface area (Å²) in [5.74, 6) is -18.8. The van der Waals surface area contributed by atoms with Crippen LogP contribution in [0.1, 0.15) is 219 Å². The Hall–Kier alpha value is -12.9. The number of carbonyl (C=O) groups is 10. The first-order valence-electron chi connectivity index (χ1n) is 47.1. The maximum Gasteiger partial charge on any atom is 0.326 e. The van der Waals surface area contributed by atoms with Crippen LogP contribution in [0.25, 0.3) is 4.85 Å². The van der Waals surface area contributed by atoms with Crippen LogP contribution in [0.4, 0.5) is 80.0 Å². The zero-order valence-electron chi connectivity index (χ0n) is 79.3. The number of nitrogens with zero attached hydrogens (tertiary/aromatic N) is 11. The second-order valence-electron chi connectivity index (χ2n) is 40.1. The number of aromatic nitrogens is 5. The van der Waals surface area contributed by atoms with Gasteiger partial charge in [0.25, 0.3) is 11.8 Å². The fourth-order valence-electron chi connectivity index (χ4n) is 22.0. The van der Waals surface area contributed by atoms with Crippen LogP contribution < -0.4 is 52.8 Å². The van der Waals surface area contributed by atoms with Gasteiger partial charge in [-0.05, 0) is 146 Å². The number of aldehydes is 1. The van der Waals surface area contributed by atoms with Crippen LogP contribution >= 0.6 is 58.8 Å². The Bertz CT molecular complexity index is 6340. The Morgan fingerprint density at radius 3 is 1.25 bits per heavy atom. The first kappa shape index (κ1) is 117. The molecule has 3 aliphatic heterocycles. The molecule has 21 rings (SSSR count). The van der Waals surface area contributed by atoms with Crippen LogP contribution in [0.2, 0.25) is 20.2 Å². The number of hydrogen-bond donors (Lipinski definition) is 8. The van der Waals surface area contributed by atoms with Gasteiger partial charge in [0.1, 0.15) is 58.6 Å². The van der Waals surface area contributed by atoms with Crippen molar-refractivity contribution in [2.45, 2.75) is 264 Å². The number of benzene rings is 3. The van der Waals surface area contributed by atoms with E-state index in [0.29, 0.717) is 90.3 Å². The van der Waals surface area contributed by atoms with Gasteiger partial charge in [-0.1, -0.05) is 108 Å². The SMILES string of the molecule is C.Cl.N#Cc1ccnc(Cl)c1.N#Cc1ccnc(N2C(=O)CC[C@H]2C(=O)N(c2cncc(F)c2)[C@H](C(=O)NC2CC3(C2)CC(F)(F)C3)c2ccccc2Cl)c1.NC1CC2(C1)CC(F)(F)C2.Nc1cncc(F)c1.O=C1CC[C@@H](C(=O)N(c2cncc(F)c2)C(C(=O)NC2CC3(C2)CC(F)(F)C3)c2ccccc2Cl)N1.O=C1CC[C@@H](C(=O)O)N1.O=CNC1CC2(C1)CC(F)(F)C2.O=Cc1ccccc1Cl.[C-]#[N+]C1CC2(C1)CC(F)(F)C2. The average Bonchev–Trinajstić information content (AvgIpc) is 0.930. The maximum absolute atomic E-state index is 14.6. The van der Waals surface area contributed by atoms with E-state index in [4.69, 9.17) is 74.8 Å². The summed E-state index contributed by atoms with van der Waals surface area (Å²) in [6.45, 7) is 6.67. The molecule has 5 aromatic heterocycles. The van der Waals surface area contributed by atoms with E-state index in [-0.39, 0.29) is 200 Å². The predicted octanol–water partition coefficient (Wildman–Crippen LogP) is 19.3. The van der Waals surface area contributed by atoms with Gasteiger partial charge in [-0.25, -0.2) is 78.4 Å². The highest BCUT2D eigenvalue weighted by molar-refractivity contribution is 6.33. The molecule has 3 aromatic carbocycles. The molecule has 8 aromatic rings. The van der Waals surface area contributed by atoms with Gasteiger partial charge < -0.3 is 48.0 Å². The summed E-state index contributed by atoms with van der Waals surface area (Å²) in [6, 6.07) is 27.2. The van der Waals surface area contributed by atoms with Crippen molar-refractivity contribution in [1.29, 1.82) is 10.5 Å². The fourth-order valence-corrected chi connectivity index (χ4v) is 22.8. The fraction of sp³-hybridized carbons (Fsp3) is 0.456. The number of aliphatic carboxylic acids is 1. The summed E-state index contributed by atoms with van der Waals surface area (Å²) in [5, 5.41) is 40.5. The molecule has 3 saturated heterocycles. The minimum Gasteiger partial charge on any atom is -0.480 e. The third kappa shape index (κ3) is 29.7. The lowest BCUT2D eigenvalue weighted by atomic mass is 9.52. The quantitative estimate of drug-likeness (QED) is 0.0182. The van der Waals surface area contributed by atoms with Crippen LogP contribution in [-0.2, 0) is 43.2 Å². The van der Waals surface area contributed by atoms with E-state index in [1.165, 1.54) is 60.1 Å².